The summed E-state index contributed by atoms with van der Waals surface area (Å²) in [4.78, 5) is 37.9. The van der Waals surface area contributed by atoms with Gasteiger partial charge in [0.15, 0.2) is 5.78 Å². The molecule has 1 heterocycles. The molecular formula is C31H28N2O5. The third-order valence-corrected chi connectivity index (χ3v) is 7.22. The number of nitro benzene ring substituents is 1. The Kier molecular flexibility index (Phi) is 7.18. The van der Waals surface area contributed by atoms with E-state index in [4.69, 9.17) is 4.74 Å². The maximum absolute atomic E-state index is 13.7. The predicted molar refractivity (Wildman–Crippen MR) is 143 cm³/mol. The first-order valence-electron chi connectivity index (χ1n) is 12.7. The highest BCUT2D eigenvalue weighted by Crippen LogP contribution is 2.45. The third kappa shape index (κ3) is 5.13. The van der Waals surface area contributed by atoms with Crippen molar-refractivity contribution in [3.63, 3.8) is 0 Å². The summed E-state index contributed by atoms with van der Waals surface area (Å²) in [5, 5.41) is 14.6. The lowest BCUT2D eigenvalue weighted by Gasteiger charge is -2.36. The molecule has 0 bridgehead atoms. The quantitative estimate of drug-likeness (QED) is 0.248. The van der Waals surface area contributed by atoms with Crippen molar-refractivity contribution >= 4 is 17.4 Å². The Morgan fingerprint density at radius 1 is 0.947 bits per heavy atom. The van der Waals surface area contributed by atoms with Crippen molar-refractivity contribution in [1.29, 1.82) is 0 Å². The number of nitrogens with zero attached hydrogens (tertiary/aromatic N) is 1. The number of rotatable bonds is 7. The van der Waals surface area contributed by atoms with Gasteiger partial charge in [0, 0.05) is 47.9 Å². The van der Waals surface area contributed by atoms with Crippen molar-refractivity contribution in [2.45, 2.75) is 38.0 Å². The Labute approximate surface area is 221 Å². The number of hydrogen-bond acceptors (Lipinski definition) is 6. The highest BCUT2D eigenvalue weighted by Gasteiger charge is 2.41. The summed E-state index contributed by atoms with van der Waals surface area (Å²) in [6.45, 7) is 2.01. The number of carbonyl (C=O) groups is 2. The van der Waals surface area contributed by atoms with Gasteiger partial charge in [0.05, 0.1) is 17.1 Å². The molecule has 7 nitrogen and oxygen atoms in total. The molecule has 1 aliphatic carbocycles. The number of carbonyl (C=O) groups excluding carboxylic acids is 2. The Hall–Kier alpha value is -4.52. The zero-order valence-corrected chi connectivity index (χ0v) is 21.1. The van der Waals surface area contributed by atoms with Crippen LogP contribution in [0.5, 0.6) is 0 Å². The van der Waals surface area contributed by atoms with Gasteiger partial charge in [-0.3, -0.25) is 14.9 Å². The molecule has 0 spiro atoms. The molecule has 0 amide bonds. The van der Waals surface area contributed by atoms with E-state index in [1.807, 2.05) is 67.6 Å². The standard InChI is InChI=1S/C31H28N2O5/c1-20-28(31(35)38-17-16-21-8-4-2-5-9-21)29(23-12-14-25(15-13-23)33(36)37)30-26(32-20)18-24(19-27(30)34)22-10-6-3-7-11-22/h2-15,24,29,32H,16-19H2,1H3. The maximum Gasteiger partial charge on any atom is 0.336 e. The zero-order valence-electron chi connectivity index (χ0n) is 21.1. The molecule has 0 saturated heterocycles. The molecule has 0 fully saturated rings. The van der Waals surface area contributed by atoms with E-state index in [-0.39, 0.29) is 24.0 Å². The second kappa shape index (κ2) is 10.8. The van der Waals surface area contributed by atoms with E-state index in [2.05, 4.69) is 5.32 Å². The van der Waals surface area contributed by atoms with Gasteiger partial charge in [-0.25, -0.2) is 4.79 Å². The first kappa shape index (κ1) is 25.1. The number of benzene rings is 3. The molecule has 3 aromatic rings. The lowest BCUT2D eigenvalue weighted by atomic mass is 9.71. The predicted octanol–water partition coefficient (Wildman–Crippen LogP) is 5.74. The number of hydrogen-bond donors (Lipinski definition) is 1. The van der Waals surface area contributed by atoms with Crippen LogP contribution in [-0.4, -0.2) is 23.3 Å². The van der Waals surface area contributed by atoms with Gasteiger partial charge in [-0.1, -0.05) is 72.8 Å². The van der Waals surface area contributed by atoms with Gasteiger partial charge in [-0.2, -0.15) is 0 Å². The van der Waals surface area contributed by atoms with Gasteiger partial charge in [0.1, 0.15) is 0 Å². The lowest BCUT2D eigenvalue weighted by molar-refractivity contribution is -0.384. The minimum atomic E-state index is -0.666. The number of nitrogens with one attached hydrogen (secondary N) is 1. The van der Waals surface area contributed by atoms with Crippen LogP contribution in [0.4, 0.5) is 5.69 Å². The molecule has 0 saturated carbocycles. The summed E-state index contributed by atoms with van der Waals surface area (Å²) in [6.07, 6.45) is 1.52. The van der Waals surface area contributed by atoms with Crippen LogP contribution in [0.25, 0.3) is 0 Å². The highest BCUT2D eigenvalue weighted by molar-refractivity contribution is 6.04. The second-order valence-corrected chi connectivity index (χ2v) is 9.65. The first-order chi connectivity index (χ1) is 18.4. The van der Waals surface area contributed by atoms with E-state index in [9.17, 15) is 19.7 Å². The van der Waals surface area contributed by atoms with Crippen molar-refractivity contribution < 1.29 is 19.2 Å². The Bertz CT molecular complexity index is 1430. The summed E-state index contributed by atoms with van der Waals surface area (Å²) >= 11 is 0. The monoisotopic (exact) mass is 508 g/mol. The molecule has 2 atom stereocenters. The van der Waals surface area contributed by atoms with E-state index >= 15 is 0 Å². The average Bonchev–Trinajstić information content (AvgIpc) is 2.93. The van der Waals surface area contributed by atoms with Crippen molar-refractivity contribution in [3.05, 3.63) is 134 Å². The number of allylic oxidation sites excluding steroid dienone is 3. The van der Waals surface area contributed by atoms with Crippen LogP contribution in [0.1, 0.15) is 48.3 Å². The van der Waals surface area contributed by atoms with Crippen molar-refractivity contribution in [1.82, 2.24) is 5.32 Å². The fourth-order valence-electron chi connectivity index (χ4n) is 5.38. The van der Waals surface area contributed by atoms with E-state index in [0.717, 1.165) is 16.8 Å². The Morgan fingerprint density at radius 2 is 1.61 bits per heavy atom. The molecule has 192 valence electrons. The second-order valence-electron chi connectivity index (χ2n) is 9.65. The largest absolute Gasteiger partial charge is 0.462 e. The summed E-state index contributed by atoms with van der Waals surface area (Å²) in [5.41, 5.74) is 5.04. The highest BCUT2D eigenvalue weighted by atomic mass is 16.6. The van der Waals surface area contributed by atoms with Crippen LogP contribution in [-0.2, 0) is 20.7 Å². The molecule has 2 aliphatic rings. The van der Waals surface area contributed by atoms with Gasteiger partial charge in [-0.15, -0.1) is 0 Å². The van der Waals surface area contributed by atoms with Crippen LogP contribution in [0.15, 0.2) is 107 Å². The van der Waals surface area contributed by atoms with E-state index in [1.165, 1.54) is 12.1 Å². The number of dihydropyridines is 1. The van der Waals surface area contributed by atoms with Gasteiger partial charge in [0.2, 0.25) is 0 Å². The first-order valence-corrected chi connectivity index (χ1v) is 12.7. The van der Waals surface area contributed by atoms with E-state index in [0.29, 0.717) is 41.7 Å². The maximum atomic E-state index is 13.7. The van der Waals surface area contributed by atoms with Gasteiger partial charge >= 0.3 is 5.97 Å². The van der Waals surface area contributed by atoms with E-state index < -0.39 is 16.8 Å². The molecule has 1 aliphatic heterocycles. The molecule has 2 unspecified atom stereocenters. The van der Waals surface area contributed by atoms with Crippen LogP contribution in [0.2, 0.25) is 0 Å². The minimum absolute atomic E-state index is 0.0274. The third-order valence-electron chi connectivity index (χ3n) is 7.22. The van der Waals surface area contributed by atoms with E-state index in [1.54, 1.807) is 12.1 Å². The SMILES string of the molecule is CC1=C(C(=O)OCCc2ccccc2)C(c2ccc([N+](=O)[O-])cc2)C2=C(CC(c3ccccc3)CC2=O)N1. The minimum Gasteiger partial charge on any atom is -0.462 e. The van der Waals surface area contributed by atoms with Crippen molar-refractivity contribution in [2.75, 3.05) is 6.61 Å². The lowest BCUT2D eigenvalue weighted by Crippen LogP contribution is -2.36. The van der Waals surface area contributed by atoms with Gasteiger partial charge < -0.3 is 10.1 Å². The number of esters is 1. The molecule has 38 heavy (non-hydrogen) atoms. The molecule has 1 N–H and O–H groups in total. The Balaban J connectivity index is 1.48. The normalized spacial score (nSPS) is 19.0. The Morgan fingerprint density at radius 3 is 2.26 bits per heavy atom. The fraction of sp³-hybridized carbons (Fsp3) is 0.226. The summed E-state index contributed by atoms with van der Waals surface area (Å²) in [7, 11) is 0. The molecule has 5 rings (SSSR count). The van der Waals surface area contributed by atoms with Crippen LogP contribution < -0.4 is 5.32 Å². The molecule has 0 radical (unpaired) electrons. The average molecular weight is 509 g/mol. The fourth-order valence-corrected chi connectivity index (χ4v) is 5.38. The van der Waals surface area contributed by atoms with Crippen molar-refractivity contribution in [2.24, 2.45) is 0 Å². The van der Waals surface area contributed by atoms with Crippen LogP contribution >= 0.6 is 0 Å². The molecule has 7 heteroatoms. The van der Waals surface area contributed by atoms with Crippen LogP contribution in [0, 0.1) is 10.1 Å². The smallest absolute Gasteiger partial charge is 0.336 e. The topological polar surface area (TPSA) is 98.5 Å². The zero-order chi connectivity index (χ0) is 26.6. The molecule has 3 aromatic carbocycles. The van der Waals surface area contributed by atoms with Gasteiger partial charge in [0.25, 0.3) is 5.69 Å². The molecule has 0 aromatic heterocycles. The number of ketones is 1. The number of non-ortho nitro benzene ring substituents is 1. The number of Topliss-reactive ketones (excluding diaryl/α,β-unsaturated/α-hetero) is 1. The summed E-state index contributed by atoms with van der Waals surface area (Å²) in [6, 6.07) is 25.7. The summed E-state index contributed by atoms with van der Waals surface area (Å²) < 4.78 is 5.70. The van der Waals surface area contributed by atoms with Gasteiger partial charge in [-0.05, 0) is 36.0 Å². The van der Waals surface area contributed by atoms with Crippen molar-refractivity contribution in [3.8, 4) is 0 Å². The van der Waals surface area contributed by atoms with Crippen LogP contribution in [0.3, 0.4) is 0 Å². The number of nitro groups is 1. The summed E-state index contributed by atoms with van der Waals surface area (Å²) in [5.74, 6) is -1.18. The number of ether oxygens (including phenoxy) is 1. The molecular weight excluding hydrogens is 480 g/mol.